The van der Waals surface area contributed by atoms with Crippen molar-refractivity contribution in [1.82, 2.24) is 5.32 Å². The van der Waals surface area contributed by atoms with Gasteiger partial charge in [0.1, 0.15) is 23.2 Å². The average Bonchev–Trinajstić information content (AvgIpc) is 2.67. The Bertz CT molecular complexity index is 707. The SMILES string of the molecule is CC(=O)NCC[P+](c1ccccc1)(c1ccccc1)c1ccccc1. The zero-order chi connectivity index (χ0) is 17.5. The third kappa shape index (κ3) is 3.81. The van der Waals surface area contributed by atoms with E-state index in [1.54, 1.807) is 6.92 Å². The van der Waals surface area contributed by atoms with Gasteiger partial charge in [-0.25, -0.2) is 0 Å². The van der Waals surface area contributed by atoms with Crippen LogP contribution in [0.15, 0.2) is 91.0 Å². The first kappa shape index (κ1) is 17.4. The number of rotatable bonds is 6. The van der Waals surface area contributed by atoms with Crippen LogP contribution in [0.4, 0.5) is 0 Å². The third-order valence-electron chi connectivity index (χ3n) is 4.41. The standard InChI is InChI=1S/C22H22NOP/c1-19(24)23-17-18-25(20-11-5-2-6-12-20,21-13-7-3-8-14-21)22-15-9-4-10-16-22/h2-16H,17-18H2,1H3/p+1. The molecule has 3 aromatic carbocycles. The van der Waals surface area contributed by atoms with Crippen LogP contribution in [-0.4, -0.2) is 18.6 Å². The highest BCUT2D eigenvalue weighted by molar-refractivity contribution is 7.95. The van der Waals surface area contributed by atoms with Crippen molar-refractivity contribution in [3.63, 3.8) is 0 Å². The normalized spacial score (nSPS) is 11.1. The first-order valence-electron chi connectivity index (χ1n) is 8.53. The van der Waals surface area contributed by atoms with Gasteiger partial charge in [0, 0.05) is 6.92 Å². The maximum absolute atomic E-state index is 11.4. The van der Waals surface area contributed by atoms with E-state index >= 15 is 0 Å². The summed E-state index contributed by atoms with van der Waals surface area (Å²) in [5.74, 6) is 0.0206. The Kier molecular flexibility index (Phi) is 5.63. The summed E-state index contributed by atoms with van der Waals surface area (Å²) < 4.78 is 0. The highest BCUT2D eigenvalue weighted by atomic mass is 31.2. The number of amides is 1. The van der Waals surface area contributed by atoms with Crippen LogP contribution in [0.5, 0.6) is 0 Å². The molecule has 3 rings (SSSR count). The number of nitrogens with one attached hydrogen (secondary N) is 1. The lowest BCUT2D eigenvalue weighted by molar-refractivity contribution is -0.118. The molecule has 0 aromatic heterocycles. The van der Waals surface area contributed by atoms with Gasteiger partial charge < -0.3 is 5.32 Å². The highest BCUT2D eigenvalue weighted by Gasteiger charge is 2.44. The maximum Gasteiger partial charge on any atom is 0.217 e. The van der Waals surface area contributed by atoms with E-state index in [0.29, 0.717) is 6.54 Å². The van der Waals surface area contributed by atoms with Gasteiger partial charge in [-0.3, -0.25) is 4.79 Å². The van der Waals surface area contributed by atoms with Crippen LogP contribution in [0.3, 0.4) is 0 Å². The van der Waals surface area contributed by atoms with E-state index in [1.165, 1.54) is 15.9 Å². The summed E-state index contributed by atoms with van der Waals surface area (Å²) in [6.07, 6.45) is 0.907. The monoisotopic (exact) mass is 348 g/mol. The molecule has 0 spiro atoms. The van der Waals surface area contributed by atoms with Crippen LogP contribution in [0.25, 0.3) is 0 Å². The lowest BCUT2D eigenvalue weighted by Gasteiger charge is -2.27. The minimum absolute atomic E-state index is 0.0206. The molecule has 3 aromatic rings. The van der Waals surface area contributed by atoms with Crippen molar-refractivity contribution in [3.8, 4) is 0 Å². The third-order valence-corrected chi connectivity index (χ3v) is 8.85. The quantitative estimate of drug-likeness (QED) is 0.682. The fourth-order valence-electron chi connectivity index (χ4n) is 3.28. The minimum Gasteiger partial charge on any atom is -0.353 e. The fraction of sp³-hybridized carbons (Fsp3) is 0.136. The Morgan fingerprint density at radius 2 is 1.08 bits per heavy atom. The summed E-state index contributed by atoms with van der Waals surface area (Å²) >= 11 is 0. The number of carbonyl (C=O) groups is 1. The molecule has 0 aliphatic heterocycles. The Balaban J connectivity index is 2.18. The molecule has 1 N–H and O–H groups in total. The fourth-order valence-corrected chi connectivity index (χ4v) is 7.44. The molecule has 0 aliphatic rings. The summed E-state index contributed by atoms with van der Waals surface area (Å²) in [7, 11) is -1.82. The molecule has 0 heterocycles. The predicted molar refractivity (Wildman–Crippen MR) is 109 cm³/mol. The van der Waals surface area contributed by atoms with E-state index in [1.807, 2.05) is 0 Å². The van der Waals surface area contributed by atoms with E-state index in [4.69, 9.17) is 0 Å². The smallest absolute Gasteiger partial charge is 0.217 e. The Morgan fingerprint density at radius 1 is 0.720 bits per heavy atom. The number of hydrogen-bond donors (Lipinski definition) is 1. The van der Waals surface area contributed by atoms with Crippen LogP contribution in [0.2, 0.25) is 0 Å². The molecule has 1 amide bonds. The van der Waals surface area contributed by atoms with Gasteiger partial charge in [0.25, 0.3) is 0 Å². The average molecular weight is 348 g/mol. The van der Waals surface area contributed by atoms with Gasteiger partial charge in [-0.1, -0.05) is 54.6 Å². The molecule has 0 radical (unpaired) electrons. The summed E-state index contributed by atoms with van der Waals surface area (Å²) in [5, 5.41) is 7.03. The van der Waals surface area contributed by atoms with E-state index in [2.05, 4.69) is 96.3 Å². The number of carbonyl (C=O) groups excluding carboxylic acids is 1. The van der Waals surface area contributed by atoms with Crippen molar-refractivity contribution >= 4 is 29.1 Å². The van der Waals surface area contributed by atoms with Crippen LogP contribution >= 0.6 is 7.26 Å². The molecule has 0 bridgehead atoms. The molecule has 0 atom stereocenters. The molecular formula is C22H23NOP+. The van der Waals surface area contributed by atoms with E-state index < -0.39 is 7.26 Å². The first-order chi connectivity index (χ1) is 12.2. The van der Waals surface area contributed by atoms with Crippen LogP contribution in [-0.2, 0) is 4.79 Å². The number of hydrogen-bond acceptors (Lipinski definition) is 1. The van der Waals surface area contributed by atoms with Crippen molar-refractivity contribution in [2.75, 3.05) is 12.7 Å². The van der Waals surface area contributed by atoms with Crippen LogP contribution in [0.1, 0.15) is 6.92 Å². The van der Waals surface area contributed by atoms with Gasteiger partial charge in [-0.05, 0) is 36.4 Å². The topological polar surface area (TPSA) is 29.1 Å². The maximum atomic E-state index is 11.4. The Hall–Kier alpha value is -2.44. The van der Waals surface area contributed by atoms with Gasteiger partial charge >= 0.3 is 0 Å². The largest absolute Gasteiger partial charge is 0.353 e. The van der Waals surface area contributed by atoms with Crippen molar-refractivity contribution < 1.29 is 4.79 Å². The molecule has 0 unspecified atom stereocenters. The Morgan fingerprint density at radius 3 is 1.40 bits per heavy atom. The zero-order valence-electron chi connectivity index (χ0n) is 14.4. The van der Waals surface area contributed by atoms with Gasteiger partial charge in [0.05, 0.1) is 12.7 Å². The minimum atomic E-state index is -1.82. The van der Waals surface area contributed by atoms with Crippen LogP contribution < -0.4 is 21.2 Å². The predicted octanol–water partition coefficient (Wildman–Crippen LogP) is 3.12. The van der Waals surface area contributed by atoms with Crippen molar-refractivity contribution in [1.29, 1.82) is 0 Å². The van der Waals surface area contributed by atoms with E-state index in [-0.39, 0.29) is 5.91 Å². The second-order valence-electron chi connectivity index (χ2n) is 6.02. The van der Waals surface area contributed by atoms with Gasteiger partial charge in [-0.2, -0.15) is 0 Å². The highest BCUT2D eigenvalue weighted by Crippen LogP contribution is 2.54. The molecule has 0 aliphatic carbocycles. The summed E-state index contributed by atoms with van der Waals surface area (Å²) in [5.41, 5.74) is 0. The summed E-state index contributed by atoms with van der Waals surface area (Å²) in [6.45, 7) is 2.25. The van der Waals surface area contributed by atoms with Crippen molar-refractivity contribution in [2.24, 2.45) is 0 Å². The molecular weight excluding hydrogens is 325 g/mol. The lowest BCUT2D eigenvalue weighted by Crippen LogP contribution is -2.37. The molecule has 2 nitrogen and oxygen atoms in total. The molecule has 126 valence electrons. The molecule has 3 heteroatoms. The zero-order valence-corrected chi connectivity index (χ0v) is 15.3. The second kappa shape index (κ2) is 8.09. The van der Waals surface area contributed by atoms with Crippen LogP contribution in [0, 0.1) is 0 Å². The second-order valence-corrected chi connectivity index (χ2v) is 9.64. The van der Waals surface area contributed by atoms with Gasteiger partial charge in [-0.15, -0.1) is 0 Å². The Labute approximate surface area is 150 Å². The first-order valence-corrected chi connectivity index (χ1v) is 10.5. The van der Waals surface area contributed by atoms with E-state index in [9.17, 15) is 4.79 Å². The summed E-state index contributed by atoms with van der Waals surface area (Å²) in [6, 6.07) is 32.1. The molecule has 0 saturated carbocycles. The molecule has 25 heavy (non-hydrogen) atoms. The van der Waals surface area contributed by atoms with Crippen molar-refractivity contribution in [3.05, 3.63) is 91.0 Å². The van der Waals surface area contributed by atoms with Gasteiger partial charge in [0.15, 0.2) is 0 Å². The molecule has 0 fully saturated rings. The van der Waals surface area contributed by atoms with Crippen molar-refractivity contribution in [2.45, 2.75) is 6.92 Å². The van der Waals surface area contributed by atoms with Gasteiger partial charge in [0.2, 0.25) is 5.91 Å². The lowest BCUT2D eigenvalue weighted by atomic mass is 10.4. The van der Waals surface area contributed by atoms with E-state index in [0.717, 1.165) is 6.16 Å². The number of benzene rings is 3. The molecule has 0 saturated heterocycles. The summed E-state index contributed by atoms with van der Waals surface area (Å²) in [4.78, 5) is 11.4.